The van der Waals surface area contributed by atoms with Gasteiger partial charge in [0.25, 0.3) is 0 Å². The van der Waals surface area contributed by atoms with Crippen molar-refractivity contribution in [2.24, 2.45) is 5.92 Å². The van der Waals surface area contributed by atoms with Crippen LogP contribution in [-0.4, -0.2) is 6.10 Å². The molecule has 1 aromatic rings. The van der Waals surface area contributed by atoms with Gasteiger partial charge in [-0.1, -0.05) is 39.5 Å². The molecule has 1 atom stereocenters. The summed E-state index contributed by atoms with van der Waals surface area (Å²) in [5.74, 6) is 2.07. The number of ether oxygens (including phenoxy) is 1. The normalized spacial score (nSPS) is 26.1. The van der Waals surface area contributed by atoms with Crippen LogP contribution in [0.4, 0.5) is 4.39 Å². The van der Waals surface area contributed by atoms with Gasteiger partial charge in [0.05, 0.1) is 6.10 Å². The highest BCUT2D eigenvalue weighted by Gasteiger charge is 2.27. The van der Waals surface area contributed by atoms with E-state index in [0.29, 0.717) is 5.92 Å². The molecule has 25 heavy (non-hydrogen) atoms. The Hall–Kier alpha value is -1.05. The molecule has 3 rings (SSSR count). The molecule has 1 nitrogen and oxygen atoms in total. The molecule has 0 bridgehead atoms. The van der Waals surface area contributed by atoms with Crippen LogP contribution >= 0.6 is 0 Å². The number of unbranched alkanes of at least 4 members (excludes halogenated alkanes) is 2. The Labute approximate surface area is 153 Å². The molecule has 140 valence electrons. The Kier molecular flexibility index (Phi) is 6.78. The van der Waals surface area contributed by atoms with Gasteiger partial charge in [-0.05, 0) is 80.4 Å². The van der Waals surface area contributed by atoms with E-state index in [1.807, 2.05) is 0 Å². The minimum absolute atomic E-state index is 0.0353. The van der Waals surface area contributed by atoms with E-state index in [0.717, 1.165) is 49.3 Å². The Balaban J connectivity index is 1.63. The summed E-state index contributed by atoms with van der Waals surface area (Å²) < 4.78 is 20.9. The molecule has 1 aliphatic carbocycles. The van der Waals surface area contributed by atoms with Gasteiger partial charge in [0.2, 0.25) is 0 Å². The molecule has 2 heteroatoms. The minimum atomic E-state index is -0.0353. The lowest BCUT2D eigenvalue weighted by molar-refractivity contribution is 0.159. The fraction of sp³-hybridized carbons (Fsp3) is 0.739. The molecule has 1 heterocycles. The number of rotatable bonds is 7. The zero-order chi connectivity index (χ0) is 17.6. The highest BCUT2D eigenvalue weighted by atomic mass is 19.1. The van der Waals surface area contributed by atoms with Crippen molar-refractivity contribution in [2.75, 3.05) is 0 Å². The van der Waals surface area contributed by atoms with E-state index < -0.39 is 0 Å². The van der Waals surface area contributed by atoms with Gasteiger partial charge in [-0.25, -0.2) is 4.39 Å². The third-order valence-corrected chi connectivity index (χ3v) is 6.32. The van der Waals surface area contributed by atoms with Gasteiger partial charge < -0.3 is 4.74 Å². The third-order valence-electron chi connectivity index (χ3n) is 6.32. The fourth-order valence-corrected chi connectivity index (χ4v) is 4.79. The van der Waals surface area contributed by atoms with E-state index >= 15 is 0 Å². The highest BCUT2D eigenvalue weighted by molar-refractivity contribution is 5.41. The number of fused-ring (bicyclic) bond motifs is 1. The summed E-state index contributed by atoms with van der Waals surface area (Å²) in [6.07, 6.45) is 14.7. The molecule has 1 fully saturated rings. The molecule has 0 radical (unpaired) electrons. The van der Waals surface area contributed by atoms with Crippen molar-refractivity contribution in [1.82, 2.24) is 0 Å². The van der Waals surface area contributed by atoms with E-state index in [1.54, 1.807) is 6.07 Å². The van der Waals surface area contributed by atoms with E-state index in [-0.39, 0.29) is 11.9 Å². The van der Waals surface area contributed by atoms with Crippen molar-refractivity contribution in [1.29, 1.82) is 0 Å². The summed E-state index contributed by atoms with van der Waals surface area (Å²) in [7, 11) is 0. The first kappa shape index (κ1) is 18.7. The first-order valence-electron chi connectivity index (χ1n) is 10.7. The molecule has 2 aliphatic rings. The maximum atomic E-state index is 14.8. The molecule has 0 N–H and O–H groups in total. The molecule has 1 saturated carbocycles. The van der Waals surface area contributed by atoms with Gasteiger partial charge in [0.15, 0.2) is 0 Å². The van der Waals surface area contributed by atoms with Crippen molar-refractivity contribution in [3.8, 4) is 5.75 Å². The van der Waals surface area contributed by atoms with Gasteiger partial charge >= 0.3 is 0 Å². The molecule has 1 aromatic carbocycles. The maximum Gasteiger partial charge on any atom is 0.130 e. The van der Waals surface area contributed by atoms with Crippen LogP contribution < -0.4 is 4.74 Å². The van der Waals surface area contributed by atoms with Crippen molar-refractivity contribution in [3.63, 3.8) is 0 Å². The predicted molar refractivity (Wildman–Crippen MR) is 103 cm³/mol. The molecular weight excluding hydrogens is 311 g/mol. The van der Waals surface area contributed by atoms with Crippen LogP contribution in [0.25, 0.3) is 0 Å². The van der Waals surface area contributed by atoms with Crippen LogP contribution in [0, 0.1) is 11.7 Å². The van der Waals surface area contributed by atoms with Crippen LogP contribution in [-0.2, 0) is 6.42 Å². The first-order valence-corrected chi connectivity index (χ1v) is 10.7. The van der Waals surface area contributed by atoms with Crippen LogP contribution in [0.3, 0.4) is 0 Å². The number of aryl methyl sites for hydroxylation is 1. The Bertz CT molecular complexity index is 545. The molecular formula is C23H35FO. The second kappa shape index (κ2) is 9.05. The molecule has 0 amide bonds. The van der Waals surface area contributed by atoms with Crippen LogP contribution in [0.15, 0.2) is 12.1 Å². The monoisotopic (exact) mass is 346 g/mol. The number of benzene rings is 1. The van der Waals surface area contributed by atoms with E-state index in [4.69, 9.17) is 4.74 Å². The summed E-state index contributed by atoms with van der Waals surface area (Å²) in [6, 6.07) is 3.83. The zero-order valence-corrected chi connectivity index (χ0v) is 16.2. The number of hydrogen-bond acceptors (Lipinski definition) is 1. The average molecular weight is 347 g/mol. The van der Waals surface area contributed by atoms with E-state index in [2.05, 4.69) is 19.9 Å². The van der Waals surface area contributed by atoms with Gasteiger partial charge in [-0.2, -0.15) is 0 Å². The zero-order valence-electron chi connectivity index (χ0n) is 16.2. The second-order valence-corrected chi connectivity index (χ2v) is 8.26. The summed E-state index contributed by atoms with van der Waals surface area (Å²) in [4.78, 5) is 0. The van der Waals surface area contributed by atoms with Crippen LogP contribution in [0.5, 0.6) is 5.75 Å². The standard InChI is InChI=1S/C23H35FO/c1-3-5-6-8-20-14-13-19-15-21(22(24)16-23(19)25-20)18-11-9-17(7-4-2)10-12-18/h15-18,20H,3-14H2,1-2H3. The topological polar surface area (TPSA) is 9.23 Å². The number of halogens is 1. The highest BCUT2D eigenvalue weighted by Crippen LogP contribution is 2.41. The van der Waals surface area contributed by atoms with E-state index in [1.165, 1.54) is 50.5 Å². The van der Waals surface area contributed by atoms with Crippen molar-refractivity contribution < 1.29 is 9.13 Å². The lowest BCUT2D eigenvalue weighted by Crippen LogP contribution is -2.23. The summed E-state index contributed by atoms with van der Waals surface area (Å²) in [5, 5.41) is 0. The molecule has 0 aromatic heterocycles. The lowest BCUT2D eigenvalue weighted by atomic mass is 9.76. The molecule has 1 aliphatic heterocycles. The van der Waals surface area contributed by atoms with Gasteiger partial charge in [-0.15, -0.1) is 0 Å². The summed E-state index contributed by atoms with van der Waals surface area (Å²) >= 11 is 0. The van der Waals surface area contributed by atoms with Gasteiger partial charge in [0.1, 0.15) is 11.6 Å². The Morgan fingerprint density at radius 3 is 2.48 bits per heavy atom. The predicted octanol–water partition coefficient (Wildman–Crippen LogP) is 7.17. The van der Waals surface area contributed by atoms with Crippen molar-refractivity contribution in [2.45, 2.75) is 103 Å². The van der Waals surface area contributed by atoms with Crippen LogP contribution in [0.1, 0.15) is 102 Å². The number of hydrogen-bond donors (Lipinski definition) is 0. The van der Waals surface area contributed by atoms with E-state index in [9.17, 15) is 4.39 Å². The Morgan fingerprint density at radius 2 is 1.76 bits per heavy atom. The lowest BCUT2D eigenvalue weighted by Gasteiger charge is -2.31. The summed E-state index contributed by atoms with van der Waals surface area (Å²) in [6.45, 7) is 4.49. The maximum absolute atomic E-state index is 14.8. The Morgan fingerprint density at radius 1 is 0.960 bits per heavy atom. The van der Waals surface area contributed by atoms with Gasteiger partial charge in [-0.3, -0.25) is 0 Å². The molecule has 1 unspecified atom stereocenters. The van der Waals surface area contributed by atoms with Gasteiger partial charge in [0, 0.05) is 6.07 Å². The minimum Gasteiger partial charge on any atom is -0.490 e. The van der Waals surface area contributed by atoms with Crippen molar-refractivity contribution >= 4 is 0 Å². The quantitative estimate of drug-likeness (QED) is 0.475. The first-order chi connectivity index (χ1) is 12.2. The van der Waals surface area contributed by atoms with Crippen LogP contribution in [0.2, 0.25) is 0 Å². The molecule has 0 spiro atoms. The smallest absolute Gasteiger partial charge is 0.130 e. The third kappa shape index (κ3) is 4.77. The summed E-state index contributed by atoms with van der Waals surface area (Å²) in [5.41, 5.74) is 2.19. The second-order valence-electron chi connectivity index (χ2n) is 8.26. The molecule has 0 saturated heterocycles. The fourth-order valence-electron chi connectivity index (χ4n) is 4.79. The van der Waals surface area contributed by atoms with Crippen molar-refractivity contribution in [3.05, 3.63) is 29.1 Å². The largest absolute Gasteiger partial charge is 0.490 e. The SMILES string of the molecule is CCCCCC1CCc2cc(C3CCC(CCC)CC3)c(F)cc2O1. The average Bonchev–Trinajstić information content (AvgIpc) is 2.62.